The van der Waals surface area contributed by atoms with Gasteiger partial charge in [0, 0.05) is 31.7 Å². The fraction of sp³-hybridized carbons (Fsp3) is 0.316. The molecule has 0 saturated carbocycles. The van der Waals surface area contributed by atoms with Gasteiger partial charge < -0.3 is 14.6 Å². The number of carbonyl (C=O) groups excluding carboxylic acids is 1. The Hall–Kier alpha value is -3.09. The summed E-state index contributed by atoms with van der Waals surface area (Å²) >= 11 is 0. The molecule has 1 saturated heterocycles. The minimum atomic E-state index is -0.420. The minimum Gasteiger partial charge on any atom is -0.408 e. The number of pyridine rings is 1. The normalized spacial score (nSPS) is 17.4. The lowest BCUT2D eigenvalue weighted by atomic mass is 9.97. The third-order valence-electron chi connectivity index (χ3n) is 4.88. The van der Waals surface area contributed by atoms with Crippen LogP contribution in [0.2, 0.25) is 0 Å². The molecule has 1 aliphatic rings. The van der Waals surface area contributed by atoms with E-state index in [4.69, 9.17) is 4.42 Å². The number of likely N-dealkylation sites (tertiary alicyclic amines) is 1. The van der Waals surface area contributed by atoms with Gasteiger partial charge in [-0.05, 0) is 49.1 Å². The zero-order valence-electron chi connectivity index (χ0n) is 14.5. The number of aromatic nitrogens is 2. The van der Waals surface area contributed by atoms with Gasteiger partial charge in [-0.3, -0.25) is 9.55 Å². The number of aryl methyl sites for hydroxylation is 1. The highest BCUT2D eigenvalue weighted by Crippen LogP contribution is 2.31. The van der Waals surface area contributed by atoms with E-state index in [-0.39, 0.29) is 12.1 Å². The van der Waals surface area contributed by atoms with Crippen LogP contribution in [0.3, 0.4) is 0 Å². The number of hydrogen-bond acceptors (Lipinski definition) is 4. The molecule has 134 valence electrons. The molecule has 0 spiro atoms. The van der Waals surface area contributed by atoms with Gasteiger partial charge >= 0.3 is 11.8 Å². The van der Waals surface area contributed by atoms with E-state index in [9.17, 15) is 9.59 Å². The number of piperidine rings is 1. The summed E-state index contributed by atoms with van der Waals surface area (Å²) in [5, 5.41) is 2.95. The highest BCUT2D eigenvalue weighted by molar-refractivity contribution is 5.92. The van der Waals surface area contributed by atoms with Crippen molar-refractivity contribution < 1.29 is 9.21 Å². The number of benzene rings is 1. The quantitative estimate of drug-likeness (QED) is 0.767. The fourth-order valence-electron chi connectivity index (χ4n) is 3.49. The van der Waals surface area contributed by atoms with Gasteiger partial charge in [-0.15, -0.1) is 0 Å². The first-order valence-corrected chi connectivity index (χ1v) is 8.70. The maximum absolute atomic E-state index is 12.9. The standard InChI is InChI=1S/C19H20N4O3/c1-22-16-11-14(7-8-17(16)26-19(22)25)21-18(24)23-10-3-2-6-15(23)13-5-4-9-20-12-13/h4-5,7-9,11-12,15H,2-3,6,10H2,1H3,(H,21,24)/t15-/m0/s1. The van der Waals surface area contributed by atoms with Crippen LogP contribution >= 0.6 is 0 Å². The number of rotatable bonds is 2. The molecular weight excluding hydrogens is 332 g/mol. The van der Waals surface area contributed by atoms with E-state index < -0.39 is 5.76 Å². The Bertz CT molecular complexity index is 993. The van der Waals surface area contributed by atoms with Crippen molar-refractivity contribution in [2.75, 3.05) is 11.9 Å². The predicted octanol–water partition coefficient (Wildman–Crippen LogP) is 3.29. The molecule has 1 atom stereocenters. The summed E-state index contributed by atoms with van der Waals surface area (Å²) in [5.74, 6) is -0.420. The Morgan fingerprint density at radius 3 is 3.00 bits per heavy atom. The monoisotopic (exact) mass is 352 g/mol. The van der Waals surface area contributed by atoms with E-state index in [1.54, 1.807) is 31.4 Å². The van der Waals surface area contributed by atoms with Crippen molar-refractivity contribution in [2.24, 2.45) is 7.05 Å². The van der Waals surface area contributed by atoms with Crippen LogP contribution in [-0.2, 0) is 7.05 Å². The van der Waals surface area contributed by atoms with E-state index >= 15 is 0 Å². The molecule has 0 radical (unpaired) electrons. The first-order valence-electron chi connectivity index (χ1n) is 8.70. The molecule has 1 aliphatic heterocycles. The molecule has 2 amide bonds. The predicted molar refractivity (Wildman–Crippen MR) is 98.0 cm³/mol. The van der Waals surface area contributed by atoms with Gasteiger partial charge in [-0.1, -0.05) is 6.07 Å². The average molecular weight is 352 g/mol. The minimum absolute atomic E-state index is 0.0273. The van der Waals surface area contributed by atoms with Crippen molar-refractivity contribution in [2.45, 2.75) is 25.3 Å². The Balaban J connectivity index is 1.58. The maximum Gasteiger partial charge on any atom is 0.419 e. The number of hydrogen-bond donors (Lipinski definition) is 1. The molecule has 1 aromatic carbocycles. The molecule has 0 unspecified atom stereocenters. The SMILES string of the molecule is Cn1c(=O)oc2ccc(NC(=O)N3CCCC[C@H]3c3cccnc3)cc21. The Kier molecular flexibility index (Phi) is 4.20. The molecule has 7 heteroatoms. The molecule has 3 aromatic rings. The molecule has 7 nitrogen and oxygen atoms in total. The summed E-state index contributed by atoms with van der Waals surface area (Å²) in [7, 11) is 1.64. The van der Waals surface area contributed by atoms with E-state index in [0.29, 0.717) is 23.3 Å². The van der Waals surface area contributed by atoms with Crippen molar-refractivity contribution in [1.82, 2.24) is 14.5 Å². The molecule has 26 heavy (non-hydrogen) atoms. The Morgan fingerprint density at radius 1 is 1.31 bits per heavy atom. The van der Waals surface area contributed by atoms with Crippen LogP contribution < -0.4 is 11.1 Å². The molecule has 2 aromatic heterocycles. The number of amides is 2. The van der Waals surface area contributed by atoms with Crippen molar-refractivity contribution in [3.05, 3.63) is 58.8 Å². The average Bonchev–Trinajstić information content (AvgIpc) is 2.96. The summed E-state index contributed by atoms with van der Waals surface area (Å²) < 4.78 is 6.55. The smallest absolute Gasteiger partial charge is 0.408 e. The van der Waals surface area contributed by atoms with E-state index in [2.05, 4.69) is 10.3 Å². The molecule has 0 aliphatic carbocycles. The van der Waals surface area contributed by atoms with E-state index in [0.717, 1.165) is 24.8 Å². The lowest BCUT2D eigenvalue weighted by Gasteiger charge is -2.35. The third-order valence-corrected chi connectivity index (χ3v) is 4.88. The van der Waals surface area contributed by atoms with E-state index in [1.165, 1.54) is 4.57 Å². The van der Waals surface area contributed by atoms with Crippen molar-refractivity contribution in [3.8, 4) is 0 Å². The highest BCUT2D eigenvalue weighted by atomic mass is 16.4. The van der Waals surface area contributed by atoms with Crippen molar-refractivity contribution >= 4 is 22.8 Å². The van der Waals surface area contributed by atoms with Crippen LogP contribution in [-0.4, -0.2) is 27.0 Å². The van der Waals surface area contributed by atoms with Crippen LogP contribution in [0.25, 0.3) is 11.1 Å². The summed E-state index contributed by atoms with van der Waals surface area (Å²) in [6, 6.07) is 8.98. The highest BCUT2D eigenvalue weighted by Gasteiger charge is 2.28. The second-order valence-corrected chi connectivity index (χ2v) is 6.53. The van der Waals surface area contributed by atoms with Gasteiger partial charge in [0.15, 0.2) is 5.58 Å². The maximum atomic E-state index is 12.9. The first kappa shape index (κ1) is 16.4. The number of nitrogens with one attached hydrogen (secondary N) is 1. The second kappa shape index (κ2) is 6.67. The summed E-state index contributed by atoms with van der Waals surface area (Å²) in [5.41, 5.74) is 2.83. The largest absolute Gasteiger partial charge is 0.419 e. The van der Waals surface area contributed by atoms with Crippen molar-refractivity contribution in [3.63, 3.8) is 0 Å². The zero-order chi connectivity index (χ0) is 18.1. The van der Waals surface area contributed by atoms with Gasteiger partial charge in [-0.2, -0.15) is 0 Å². The summed E-state index contributed by atoms with van der Waals surface area (Å²) in [6.45, 7) is 0.706. The lowest BCUT2D eigenvalue weighted by Crippen LogP contribution is -2.41. The van der Waals surface area contributed by atoms with Gasteiger partial charge in [-0.25, -0.2) is 9.59 Å². The molecule has 0 bridgehead atoms. The number of urea groups is 1. The van der Waals surface area contributed by atoms with E-state index in [1.807, 2.05) is 23.2 Å². The number of oxazole rings is 1. The van der Waals surface area contributed by atoms with Gasteiger partial charge in [0.25, 0.3) is 0 Å². The summed E-state index contributed by atoms with van der Waals surface area (Å²) in [4.78, 5) is 30.5. The number of carbonyl (C=O) groups is 1. The second-order valence-electron chi connectivity index (χ2n) is 6.53. The Labute approximate surface area is 150 Å². The van der Waals surface area contributed by atoms with Crippen LogP contribution in [0.5, 0.6) is 0 Å². The Morgan fingerprint density at radius 2 is 2.19 bits per heavy atom. The summed E-state index contributed by atoms with van der Waals surface area (Å²) in [6.07, 6.45) is 6.56. The first-order chi connectivity index (χ1) is 12.6. The lowest BCUT2D eigenvalue weighted by molar-refractivity contribution is 0.163. The number of anilines is 1. The molecule has 1 N–H and O–H groups in total. The van der Waals surface area contributed by atoms with Gasteiger partial charge in [0.2, 0.25) is 0 Å². The molecule has 4 rings (SSSR count). The van der Waals surface area contributed by atoms with Crippen LogP contribution in [0.4, 0.5) is 10.5 Å². The number of fused-ring (bicyclic) bond motifs is 1. The zero-order valence-corrected chi connectivity index (χ0v) is 14.5. The van der Waals surface area contributed by atoms with Crippen LogP contribution in [0, 0.1) is 0 Å². The van der Waals surface area contributed by atoms with Gasteiger partial charge in [0.1, 0.15) is 0 Å². The topological polar surface area (TPSA) is 80.4 Å². The number of nitrogens with zero attached hydrogens (tertiary/aromatic N) is 3. The van der Waals surface area contributed by atoms with Crippen LogP contribution in [0.15, 0.2) is 51.9 Å². The van der Waals surface area contributed by atoms with Crippen molar-refractivity contribution in [1.29, 1.82) is 0 Å². The molecule has 1 fully saturated rings. The third kappa shape index (κ3) is 2.96. The molecule has 3 heterocycles. The fourth-order valence-corrected chi connectivity index (χ4v) is 3.49. The van der Waals surface area contributed by atoms with Crippen LogP contribution in [0.1, 0.15) is 30.9 Å². The van der Waals surface area contributed by atoms with Gasteiger partial charge in [0.05, 0.1) is 11.6 Å². The molecular formula is C19H20N4O3.